The van der Waals surface area contributed by atoms with Gasteiger partial charge in [0, 0.05) is 5.92 Å². The van der Waals surface area contributed by atoms with E-state index in [0.29, 0.717) is 17.7 Å². The fourth-order valence-corrected chi connectivity index (χ4v) is 0.830. The highest BCUT2D eigenvalue weighted by molar-refractivity contribution is 5.85. The molecule has 0 heterocycles. The van der Waals surface area contributed by atoms with Gasteiger partial charge in [-0.1, -0.05) is 6.92 Å². The average molecular weight is 113 g/mol. The number of hydrogen-bond donors (Lipinski definition) is 2. The minimum Gasteiger partial charge on any atom is -0.385 e. The van der Waals surface area contributed by atoms with Crippen molar-refractivity contribution in [2.45, 2.75) is 13.3 Å². The first-order valence-electron chi connectivity index (χ1n) is 2.79. The van der Waals surface area contributed by atoms with E-state index < -0.39 is 0 Å². The van der Waals surface area contributed by atoms with Crippen LogP contribution in [0.4, 0.5) is 0 Å². The molecule has 0 radical (unpaired) electrons. The molecule has 1 fully saturated rings. The monoisotopic (exact) mass is 113 g/mol. The highest BCUT2D eigenvalue weighted by Crippen LogP contribution is 2.37. The van der Waals surface area contributed by atoms with Crippen molar-refractivity contribution in [2.75, 3.05) is 0 Å². The van der Waals surface area contributed by atoms with Gasteiger partial charge < -0.3 is 11.6 Å². The van der Waals surface area contributed by atoms with Crippen LogP contribution in [0.15, 0.2) is 5.10 Å². The van der Waals surface area contributed by atoms with Crippen molar-refractivity contribution in [3.8, 4) is 0 Å². The first-order valence-corrected chi connectivity index (χ1v) is 2.79. The van der Waals surface area contributed by atoms with E-state index in [1.54, 1.807) is 0 Å². The van der Waals surface area contributed by atoms with Gasteiger partial charge in [0.2, 0.25) is 0 Å². The van der Waals surface area contributed by atoms with Crippen molar-refractivity contribution in [1.82, 2.24) is 0 Å². The molecule has 2 atom stereocenters. The third kappa shape index (κ3) is 0.757. The van der Waals surface area contributed by atoms with Gasteiger partial charge in [0.25, 0.3) is 0 Å². The van der Waals surface area contributed by atoms with Gasteiger partial charge in [0.15, 0.2) is 0 Å². The Kier molecular flexibility index (Phi) is 1.12. The molecule has 1 aliphatic carbocycles. The van der Waals surface area contributed by atoms with E-state index >= 15 is 0 Å². The maximum atomic E-state index is 5.39. The number of rotatable bonds is 1. The summed E-state index contributed by atoms with van der Waals surface area (Å²) in [5, 5.41) is 3.40. The van der Waals surface area contributed by atoms with E-state index in [1.165, 1.54) is 0 Å². The van der Waals surface area contributed by atoms with Gasteiger partial charge in [-0.2, -0.15) is 5.10 Å². The summed E-state index contributed by atoms with van der Waals surface area (Å²) in [5.41, 5.74) is 5.39. The fraction of sp³-hybridized carbons (Fsp3) is 0.800. The molecule has 1 saturated carbocycles. The van der Waals surface area contributed by atoms with Crippen LogP contribution in [0.1, 0.15) is 13.3 Å². The zero-order valence-corrected chi connectivity index (χ0v) is 4.96. The largest absolute Gasteiger partial charge is 0.385 e. The molecule has 0 amide bonds. The molecule has 0 aromatic rings. The lowest BCUT2D eigenvalue weighted by atomic mass is 10.3. The van der Waals surface area contributed by atoms with Crippen LogP contribution in [0.2, 0.25) is 0 Å². The molecule has 46 valence electrons. The lowest BCUT2D eigenvalue weighted by Gasteiger charge is -1.90. The molecule has 1 aliphatic rings. The summed E-state index contributed by atoms with van der Waals surface area (Å²) >= 11 is 0. The Morgan fingerprint density at radius 2 is 2.25 bits per heavy atom. The Bertz CT molecular complexity index is 119. The Morgan fingerprint density at radius 3 is 2.38 bits per heavy atom. The van der Waals surface area contributed by atoms with E-state index in [2.05, 4.69) is 12.0 Å². The van der Waals surface area contributed by atoms with Gasteiger partial charge in [-0.25, -0.2) is 0 Å². The summed E-state index contributed by atoms with van der Waals surface area (Å²) in [6.07, 6.45) is 1.16. The van der Waals surface area contributed by atoms with Gasteiger partial charge in [0.1, 0.15) is 5.84 Å². The van der Waals surface area contributed by atoms with Gasteiger partial charge in [-0.05, 0) is 12.3 Å². The molecule has 0 aromatic heterocycles. The fourth-order valence-electron chi connectivity index (χ4n) is 0.830. The summed E-state index contributed by atoms with van der Waals surface area (Å²) in [4.78, 5) is 0. The van der Waals surface area contributed by atoms with Crippen molar-refractivity contribution >= 4 is 5.84 Å². The molecular weight excluding hydrogens is 102 g/mol. The molecule has 0 aliphatic heterocycles. The van der Waals surface area contributed by atoms with E-state index in [1.807, 2.05) is 0 Å². The number of nitrogens with two attached hydrogens (primary N) is 2. The maximum absolute atomic E-state index is 5.39. The van der Waals surface area contributed by atoms with Crippen LogP contribution >= 0.6 is 0 Å². The lowest BCUT2D eigenvalue weighted by Crippen LogP contribution is -2.16. The molecule has 1 rings (SSSR count). The molecule has 0 bridgehead atoms. The highest BCUT2D eigenvalue weighted by atomic mass is 15.2. The van der Waals surface area contributed by atoms with Crippen LogP contribution in [-0.2, 0) is 0 Å². The molecule has 0 spiro atoms. The molecule has 3 heteroatoms. The van der Waals surface area contributed by atoms with Crippen molar-refractivity contribution in [3.63, 3.8) is 0 Å². The number of hydrazone groups is 1. The average Bonchev–Trinajstić information content (AvgIpc) is 2.45. The lowest BCUT2D eigenvalue weighted by molar-refractivity contribution is 0.913. The summed E-state index contributed by atoms with van der Waals surface area (Å²) in [7, 11) is 0. The van der Waals surface area contributed by atoms with Crippen molar-refractivity contribution < 1.29 is 0 Å². The smallest absolute Gasteiger partial charge is 0.122 e. The van der Waals surface area contributed by atoms with Crippen LogP contribution in [-0.4, -0.2) is 5.84 Å². The third-order valence-electron chi connectivity index (χ3n) is 1.64. The van der Waals surface area contributed by atoms with Gasteiger partial charge in [0.05, 0.1) is 0 Å². The van der Waals surface area contributed by atoms with Crippen molar-refractivity contribution in [1.29, 1.82) is 0 Å². The Morgan fingerprint density at radius 1 is 1.75 bits per heavy atom. The quantitative estimate of drug-likeness (QED) is 0.215. The molecule has 0 saturated heterocycles. The Balaban J connectivity index is 2.39. The van der Waals surface area contributed by atoms with Crippen LogP contribution in [0.25, 0.3) is 0 Å². The summed E-state index contributed by atoms with van der Waals surface area (Å²) < 4.78 is 0. The topological polar surface area (TPSA) is 64.4 Å². The molecule has 3 nitrogen and oxygen atoms in total. The minimum atomic E-state index is 0.486. The summed E-state index contributed by atoms with van der Waals surface area (Å²) in [6.45, 7) is 2.14. The van der Waals surface area contributed by atoms with Crippen molar-refractivity contribution in [2.24, 2.45) is 28.5 Å². The van der Waals surface area contributed by atoms with Crippen LogP contribution < -0.4 is 11.6 Å². The molecule has 8 heavy (non-hydrogen) atoms. The summed E-state index contributed by atoms with van der Waals surface area (Å²) in [5.74, 6) is 6.74. The van der Waals surface area contributed by atoms with E-state index in [0.717, 1.165) is 6.42 Å². The van der Waals surface area contributed by atoms with E-state index in [9.17, 15) is 0 Å². The Labute approximate surface area is 48.7 Å². The SMILES string of the molecule is CC1CC1/C(N)=N/N. The predicted octanol–water partition coefficient (Wildman–Crippen LogP) is -0.127. The Hall–Kier alpha value is -0.730. The second-order valence-corrected chi connectivity index (χ2v) is 2.37. The van der Waals surface area contributed by atoms with Crippen LogP contribution in [0.5, 0.6) is 0 Å². The number of nitrogens with zero attached hydrogens (tertiary/aromatic N) is 1. The number of amidine groups is 1. The first-order chi connectivity index (χ1) is 3.75. The summed E-state index contributed by atoms with van der Waals surface area (Å²) in [6, 6.07) is 0. The van der Waals surface area contributed by atoms with Crippen LogP contribution in [0, 0.1) is 11.8 Å². The zero-order valence-electron chi connectivity index (χ0n) is 4.96. The number of hydrogen-bond acceptors (Lipinski definition) is 2. The maximum Gasteiger partial charge on any atom is 0.122 e. The zero-order chi connectivity index (χ0) is 6.15. The molecule has 2 unspecified atom stereocenters. The van der Waals surface area contributed by atoms with Gasteiger partial charge in [-0.15, -0.1) is 0 Å². The minimum absolute atomic E-state index is 0.486. The highest BCUT2D eigenvalue weighted by Gasteiger charge is 2.35. The van der Waals surface area contributed by atoms with Gasteiger partial charge >= 0.3 is 0 Å². The van der Waals surface area contributed by atoms with Crippen LogP contribution in [0.3, 0.4) is 0 Å². The predicted molar refractivity (Wildman–Crippen MR) is 33.1 cm³/mol. The normalized spacial score (nSPS) is 37.4. The second kappa shape index (κ2) is 1.65. The second-order valence-electron chi connectivity index (χ2n) is 2.37. The van der Waals surface area contributed by atoms with E-state index in [4.69, 9.17) is 11.6 Å². The third-order valence-corrected chi connectivity index (χ3v) is 1.64. The first kappa shape index (κ1) is 5.41. The van der Waals surface area contributed by atoms with Crippen molar-refractivity contribution in [3.05, 3.63) is 0 Å². The molecule has 4 N–H and O–H groups in total. The van der Waals surface area contributed by atoms with Gasteiger partial charge in [-0.3, -0.25) is 0 Å². The van der Waals surface area contributed by atoms with E-state index in [-0.39, 0.29) is 0 Å². The molecular formula is C5H11N3. The standard InChI is InChI=1S/C5H11N3/c1-3-2-4(3)5(6)8-7/h3-4H,2,7H2,1H3,(H2,6,8). The molecule has 0 aromatic carbocycles.